The predicted molar refractivity (Wildman–Crippen MR) is 57.5 cm³/mol. The highest BCUT2D eigenvalue weighted by atomic mass is 16.4. The molecule has 0 saturated heterocycles. The molecular formula is C9H18N4O2. The van der Waals surface area contributed by atoms with Crippen LogP contribution in [0.5, 0.6) is 0 Å². The maximum Gasteiger partial charge on any atom is 0.320 e. The molecule has 4 N–H and O–H groups in total. The number of aliphatic carboxylic acids is 1. The first-order valence-corrected chi connectivity index (χ1v) is 4.50. The molecule has 0 saturated carbocycles. The highest BCUT2D eigenvalue weighted by molar-refractivity contribution is 5.73. The Morgan fingerprint density at radius 1 is 1.67 bits per heavy atom. The number of hydrogen-bond acceptors (Lipinski definition) is 4. The van der Waals surface area contributed by atoms with Gasteiger partial charge in [0.2, 0.25) is 0 Å². The molecule has 0 spiro atoms. The zero-order chi connectivity index (χ0) is 11.8. The van der Waals surface area contributed by atoms with Crippen molar-refractivity contribution in [2.45, 2.75) is 12.5 Å². The van der Waals surface area contributed by atoms with Gasteiger partial charge in [0.15, 0.2) is 0 Å². The zero-order valence-corrected chi connectivity index (χ0v) is 9.27. The van der Waals surface area contributed by atoms with Crippen molar-refractivity contribution >= 4 is 5.97 Å². The van der Waals surface area contributed by atoms with Gasteiger partial charge in [-0.15, -0.1) is 0 Å². The number of aromatic amines is 1. The second-order valence-corrected chi connectivity index (χ2v) is 3.55. The number of H-pyrrole nitrogens is 1. The minimum atomic E-state index is -1.01. The Hall–Kier alpha value is -1.40. The van der Waals surface area contributed by atoms with Gasteiger partial charge in [0.1, 0.15) is 6.04 Å². The summed E-state index contributed by atoms with van der Waals surface area (Å²) in [6.45, 7) is 0. The van der Waals surface area contributed by atoms with Crippen molar-refractivity contribution in [2.75, 3.05) is 21.1 Å². The minimum absolute atomic E-state index is 0.263. The van der Waals surface area contributed by atoms with Crippen LogP contribution in [0.15, 0.2) is 12.5 Å². The van der Waals surface area contributed by atoms with Gasteiger partial charge in [-0.1, -0.05) is 0 Å². The van der Waals surface area contributed by atoms with E-state index in [4.69, 9.17) is 10.8 Å². The molecule has 0 bridgehead atoms. The lowest BCUT2D eigenvalue weighted by Crippen LogP contribution is -2.32. The number of imidazole rings is 1. The van der Waals surface area contributed by atoms with Crippen LogP contribution in [-0.2, 0) is 11.2 Å². The number of hydrogen-bond donors (Lipinski definition) is 3. The third kappa shape index (κ3) is 7.65. The van der Waals surface area contributed by atoms with E-state index >= 15 is 0 Å². The highest BCUT2D eigenvalue weighted by Crippen LogP contribution is 1.95. The van der Waals surface area contributed by atoms with Crippen molar-refractivity contribution in [1.82, 2.24) is 14.9 Å². The van der Waals surface area contributed by atoms with Gasteiger partial charge in [-0.25, -0.2) is 4.98 Å². The van der Waals surface area contributed by atoms with Crippen molar-refractivity contribution in [3.05, 3.63) is 18.2 Å². The van der Waals surface area contributed by atoms with Gasteiger partial charge in [0.05, 0.1) is 12.0 Å². The summed E-state index contributed by atoms with van der Waals surface area (Å²) < 4.78 is 0. The molecule has 86 valence electrons. The van der Waals surface area contributed by atoms with E-state index < -0.39 is 12.0 Å². The first kappa shape index (κ1) is 13.6. The molecule has 0 radical (unpaired) electrons. The van der Waals surface area contributed by atoms with E-state index in [0.717, 1.165) is 0 Å². The SMILES string of the molecule is CN(C)C.N[C@@H](Cc1c[nH]cn1)C(=O)O. The van der Waals surface area contributed by atoms with E-state index in [9.17, 15) is 4.79 Å². The third-order valence-electron chi connectivity index (χ3n) is 1.30. The van der Waals surface area contributed by atoms with E-state index in [-0.39, 0.29) is 6.42 Å². The average Bonchev–Trinajstić information content (AvgIpc) is 2.55. The van der Waals surface area contributed by atoms with Gasteiger partial charge in [-0.3, -0.25) is 4.79 Å². The normalized spacial score (nSPS) is 11.8. The number of nitrogens with one attached hydrogen (secondary N) is 1. The number of rotatable bonds is 3. The van der Waals surface area contributed by atoms with Crippen LogP contribution in [-0.4, -0.2) is 53.1 Å². The molecule has 1 heterocycles. The molecule has 1 atom stereocenters. The van der Waals surface area contributed by atoms with E-state index in [1.807, 2.05) is 26.0 Å². The summed E-state index contributed by atoms with van der Waals surface area (Å²) in [6.07, 6.45) is 3.38. The van der Waals surface area contributed by atoms with Gasteiger partial charge in [-0.05, 0) is 21.1 Å². The van der Waals surface area contributed by atoms with E-state index in [0.29, 0.717) is 5.69 Å². The average molecular weight is 214 g/mol. The largest absolute Gasteiger partial charge is 0.480 e. The number of carboxylic acids is 1. The summed E-state index contributed by atoms with van der Waals surface area (Å²) >= 11 is 0. The standard InChI is InChI=1S/C6H9N3O2.C3H9N/c7-5(6(10)11)1-4-2-8-3-9-4;1-4(2)3/h2-3,5H,1,7H2,(H,8,9)(H,10,11);1-3H3/t5-;/m0./s1. The molecule has 1 aromatic heterocycles. The fourth-order valence-corrected chi connectivity index (χ4v) is 0.715. The lowest BCUT2D eigenvalue weighted by atomic mass is 10.2. The van der Waals surface area contributed by atoms with Crippen LogP contribution in [0.25, 0.3) is 0 Å². The minimum Gasteiger partial charge on any atom is -0.480 e. The molecule has 0 amide bonds. The fraction of sp³-hybridized carbons (Fsp3) is 0.556. The van der Waals surface area contributed by atoms with E-state index in [1.54, 1.807) is 6.20 Å². The number of aromatic nitrogens is 2. The van der Waals surface area contributed by atoms with Crippen LogP contribution in [0.4, 0.5) is 0 Å². The van der Waals surface area contributed by atoms with Gasteiger partial charge in [0, 0.05) is 12.6 Å². The number of carbonyl (C=O) groups is 1. The molecule has 0 aliphatic rings. The molecule has 0 aliphatic carbocycles. The summed E-state index contributed by atoms with van der Waals surface area (Å²) in [4.78, 5) is 18.8. The summed E-state index contributed by atoms with van der Waals surface area (Å²) in [7, 11) is 6.00. The Labute approximate surface area is 89.1 Å². The van der Waals surface area contributed by atoms with E-state index in [2.05, 4.69) is 9.97 Å². The van der Waals surface area contributed by atoms with Crippen LogP contribution in [0.3, 0.4) is 0 Å². The number of nitrogens with zero attached hydrogens (tertiary/aromatic N) is 2. The fourth-order valence-electron chi connectivity index (χ4n) is 0.715. The van der Waals surface area contributed by atoms with Crippen LogP contribution in [0, 0.1) is 0 Å². The van der Waals surface area contributed by atoms with Crippen LogP contribution < -0.4 is 5.73 Å². The van der Waals surface area contributed by atoms with Crippen molar-refractivity contribution < 1.29 is 9.90 Å². The maximum atomic E-state index is 10.3. The van der Waals surface area contributed by atoms with Crippen LogP contribution in [0.1, 0.15) is 5.69 Å². The Morgan fingerprint density at radius 3 is 2.53 bits per heavy atom. The second-order valence-electron chi connectivity index (χ2n) is 3.55. The lowest BCUT2D eigenvalue weighted by Gasteiger charge is -2.01. The summed E-state index contributed by atoms with van der Waals surface area (Å²) in [5.41, 5.74) is 5.92. The Balaban J connectivity index is 0.000000423. The van der Waals surface area contributed by atoms with Gasteiger partial charge < -0.3 is 20.7 Å². The smallest absolute Gasteiger partial charge is 0.320 e. The van der Waals surface area contributed by atoms with Crippen molar-refractivity contribution in [2.24, 2.45) is 5.73 Å². The molecule has 0 aromatic carbocycles. The molecule has 1 rings (SSSR count). The monoisotopic (exact) mass is 214 g/mol. The van der Waals surface area contributed by atoms with Crippen molar-refractivity contribution in [1.29, 1.82) is 0 Å². The van der Waals surface area contributed by atoms with Crippen LogP contribution in [0.2, 0.25) is 0 Å². The molecule has 0 fully saturated rings. The highest BCUT2D eigenvalue weighted by Gasteiger charge is 2.12. The quantitative estimate of drug-likeness (QED) is 0.633. The second kappa shape index (κ2) is 6.97. The number of nitrogens with two attached hydrogens (primary N) is 1. The number of carboxylic acid groups (broad SMARTS) is 1. The summed E-state index contributed by atoms with van der Waals surface area (Å²) in [6, 6.07) is -0.863. The van der Waals surface area contributed by atoms with Crippen LogP contribution >= 0.6 is 0 Å². The molecular weight excluding hydrogens is 196 g/mol. The topological polar surface area (TPSA) is 95.2 Å². The third-order valence-corrected chi connectivity index (χ3v) is 1.30. The van der Waals surface area contributed by atoms with Gasteiger partial charge >= 0.3 is 5.97 Å². The predicted octanol–water partition coefficient (Wildman–Crippen LogP) is -0.458. The molecule has 0 aliphatic heterocycles. The summed E-state index contributed by atoms with van der Waals surface area (Å²) in [5.74, 6) is -1.01. The Kier molecular flexibility index (Phi) is 6.32. The zero-order valence-electron chi connectivity index (χ0n) is 9.27. The summed E-state index contributed by atoms with van der Waals surface area (Å²) in [5, 5.41) is 8.42. The first-order chi connectivity index (χ1) is 6.93. The molecule has 0 unspecified atom stereocenters. The Bertz CT molecular complexity index is 269. The first-order valence-electron chi connectivity index (χ1n) is 4.50. The molecule has 6 heteroatoms. The maximum absolute atomic E-state index is 10.3. The Morgan fingerprint density at radius 2 is 2.20 bits per heavy atom. The van der Waals surface area contributed by atoms with E-state index in [1.165, 1.54) is 6.33 Å². The molecule has 15 heavy (non-hydrogen) atoms. The lowest BCUT2D eigenvalue weighted by molar-refractivity contribution is -0.138. The molecule has 6 nitrogen and oxygen atoms in total. The molecule has 1 aromatic rings. The van der Waals surface area contributed by atoms with Gasteiger partial charge in [-0.2, -0.15) is 0 Å². The van der Waals surface area contributed by atoms with Crippen molar-refractivity contribution in [3.63, 3.8) is 0 Å². The van der Waals surface area contributed by atoms with Gasteiger partial charge in [0.25, 0.3) is 0 Å². The van der Waals surface area contributed by atoms with Crippen molar-refractivity contribution in [3.8, 4) is 0 Å².